The average Bonchev–Trinajstić information content (AvgIpc) is 3.37. The van der Waals surface area contributed by atoms with Gasteiger partial charge in [0, 0.05) is 18.1 Å². The minimum Gasteiger partial charge on any atom is -0.493 e. The normalized spacial score (nSPS) is 13.5. The molecule has 1 aromatic heterocycles. The van der Waals surface area contributed by atoms with E-state index in [-0.39, 0.29) is 29.0 Å². The van der Waals surface area contributed by atoms with Gasteiger partial charge in [-0.1, -0.05) is 50.4 Å². The van der Waals surface area contributed by atoms with Gasteiger partial charge in [-0.2, -0.15) is 22.5 Å². The van der Waals surface area contributed by atoms with Gasteiger partial charge >= 0.3 is 6.18 Å². The summed E-state index contributed by atoms with van der Waals surface area (Å²) in [6, 6.07) is 3.73. The fourth-order valence-electron chi connectivity index (χ4n) is 3.16. The van der Waals surface area contributed by atoms with Gasteiger partial charge in [0.05, 0.1) is 18.8 Å². The molecule has 3 rings (SSSR count). The number of aromatic nitrogens is 1. The largest absolute Gasteiger partial charge is 0.493 e. The van der Waals surface area contributed by atoms with Gasteiger partial charge in [-0.3, -0.25) is 0 Å². The SMILES string of the molecule is CCCCCCCCOc1ccc(Nc2nc(N3C=CNC3)c(F)s2)cc1C(F)(F)F. The van der Waals surface area contributed by atoms with Crippen molar-refractivity contribution in [2.75, 3.05) is 23.5 Å². The molecule has 2 heterocycles. The van der Waals surface area contributed by atoms with E-state index in [1.807, 2.05) is 0 Å². The number of alkyl halides is 3. The van der Waals surface area contributed by atoms with Crippen molar-refractivity contribution in [1.29, 1.82) is 0 Å². The topological polar surface area (TPSA) is 49.4 Å². The third-order valence-corrected chi connectivity index (χ3v) is 5.52. The highest BCUT2D eigenvalue weighted by molar-refractivity contribution is 7.14. The molecule has 170 valence electrons. The highest BCUT2D eigenvalue weighted by atomic mass is 32.1. The van der Waals surface area contributed by atoms with Gasteiger partial charge in [-0.15, -0.1) is 0 Å². The molecule has 0 radical (unpaired) electrons. The smallest absolute Gasteiger partial charge is 0.420 e. The Morgan fingerprint density at radius 1 is 1.19 bits per heavy atom. The molecule has 2 N–H and O–H groups in total. The Bertz CT molecular complexity index is 885. The Hall–Kier alpha value is -2.49. The first kappa shape index (κ1) is 23.2. The van der Waals surface area contributed by atoms with Crippen LogP contribution in [0.15, 0.2) is 30.6 Å². The van der Waals surface area contributed by atoms with Crippen LogP contribution in [0.2, 0.25) is 0 Å². The quantitative estimate of drug-likeness (QED) is 0.293. The van der Waals surface area contributed by atoms with E-state index in [9.17, 15) is 17.6 Å². The number of halogens is 4. The van der Waals surface area contributed by atoms with Crippen molar-refractivity contribution in [3.05, 3.63) is 41.3 Å². The molecule has 0 aliphatic carbocycles. The second-order valence-corrected chi connectivity index (χ2v) is 8.16. The Morgan fingerprint density at radius 2 is 1.97 bits per heavy atom. The molecular weight excluding hydrogens is 432 g/mol. The zero-order valence-corrected chi connectivity index (χ0v) is 18.1. The molecule has 1 aromatic carbocycles. The number of hydrogen-bond donors (Lipinski definition) is 2. The molecular formula is C21H26F4N4OS. The zero-order chi connectivity index (χ0) is 22.3. The molecule has 0 saturated carbocycles. The van der Waals surface area contributed by atoms with Crippen LogP contribution < -0.4 is 20.3 Å². The lowest BCUT2D eigenvalue weighted by molar-refractivity contribution is -0.138. The van der Waals surface area contributed by atoms with Crippen molar-refractivity contribution in [1.82, 2.24) is 10.3 Å². The number of thiazole rings is 1. The van der Waals surface area contributed by atoms with Crippen LogP contribution >= 0.6 is 11.3 Å². The first-order chi connectivity index (χ1) is 14.9. The van der Waals surface area contributed by atoms with E-state index < -0.39 is 16.9 Å². The number of unbranched alkanes of at least 4 members (excludes halogenated alkanes) is 5. The summed E-state index contributed by atoms with van der Waals surface area (Å²) in [5.41, 5.74) is -0.706. The molecule has 2 aromatic rings. The molecule has 0 atom stereocenters. The van der Waals surface area contributed by atoms with Gasteiger partial charge in [0.15, 0.2) is 10.9 Å². The lowest BCUT2D eigenvalue weighted by Gasteiger charge is -2.15. The average molecular weight is 459 g/mol. The van der Waals surface area contributed by atoms with Crippen LogP contribution in [-0.2, 0) is 6.18 Å². The van der Waals surface area contributed by atoms with Crippen LogP contribution in [0, 0.1) is 5.13 Å². The summed E-state index contributed by atoms with van der Waals surface area (Å²) in [6.45, 7) is 2.75. The van der Waals surface area contributed by atoms with Crippen molar-refractivity contribution in [3.63, 3.8) is 0 Å². The van der Waals surface area contributed by atoms with Crippen LogP contribution in [0.25, 0.3) is 0 Å². The molecule has 0 spiro atoms. The Kier molecular flexibility index (Phi) is 8.00. The second-order valence-electron chi connectivity index (χ2n) is 7.21. The Balaban J connectivity index is 1.64. The summed E-state index contributed by atoms with van der Waals surface area (Å²) in [5, 5.41) is 5.32. The summed E-state index contributed by atoms with van der Waals surface area (Å²) >= 11 is 0.734. The summed E-state index contributed by atoms with van der Waals surface area (Å²) in [7, 11) is 0. The van der Waals surface area contributed by atoms with Gasteiger partial charge in [0.1, 0.15) is 5.75 Å². The second kappa shape index (κ2) is 10.7. The predicted molar refractivity (Wildman–Crippen MR) is 115 cm³/mol. The van der Waals surface area contributed by atoms with E-state index >= 15 is 0 Å². The molecule has 0 fully saturated rings. The van der Waals surface area contributed by atoms with Crippen molar-refractivity contribution in [2.45, 2.75) is 51.6 Å². The number of rotatable bonds is 11. The highest BCUT2D eigenvalue weighted by Crippen LogP contribution is 2.39. The van der Waals surface area contributed by atoms with Crippen LogP contribution in [-0.4, -0.2) is 18.3 Å². The van der Waals surface area contributed by atoms with Crippen molar-refractivity contribution < 1.29 is 22.3 Å². The Labute approximate surface area is 183 Å². The van der Waals surface area contributed by atoms with E-state index in [2.05, 4.69) is 22.5 Å². The first-order valence-electron chi connectivity index (χ1n) is 10.3. The van der Waals surface area contributed by atoms with Gasteiger partial charge in [0.25, 0.3) is 0 Å². The summed E-state index contributed by atoms with van der Waals surface area (Å²) in [6.07, 6.45) is 4.88. The van der Waals surface area contributed by atoms with Gasteiger partial charge < -0.3 is 20.3 Å². The number of hydrogen-bond acceptors (Lipinski definition) is 6. The zero-order valence-electron chi connectivity index (χ0n) is 17.3. The number of nitrogens with zero attached hydrogens (tertiary/aromatic N) is 2. The van der Waals surface area contributed by atoms with Crippen molar-refractivity contribution in [3.8, 4) is 5.75 Å². The molecule has 0 amide bonds. The van der Waals surface area contributed by atoms with E-state index in [1.54, 1.807) is 17.3 Å². The lowest BCUT2D eigenvalue weighted by Crippen LogP contribution is -2.20. The molecule has 10 heteroatoms. The standard InChI is InChI=1S/C21H26F4N4OS/c1-2-3-4-5-6-7-12-30-17-9-8-15(13-16(17)21(23,24)25)27-20-28-19(18(22)31-20)29-11-10-26-14-29/h8-11,13,26H,2-7,12,14H2,1H3,(H,27,28). The van der Waals surface area contributed by atoms with Gasteiger partial charge in [-0.05, 0) is 24.6 Å². The summed E-state index contributed by atoms with van der Waals surface area (Å²) in [5.74, 6) is -0.0884. The van der Waals surface area contributed by atoms with E-state index in [0.29, 0.717) is 13.1 Å². The number of anilines is 3. The first-order valence-corrected chi connectivity index (χ1v) is 11.1. The molecule has 5 nitrogen and oxygen atoms in total. The third-order valence-electron chi connectivity index (χ3n) is 4.77. The van der Waals surface area contributed by atoms with Gasteiger partial charge in [-0.25, -0.2) is 0 Å². The third kappa shape index (κ3) is 6.49. The molecule has 31 heavy (non-hydrogen) atoms. The number of nitrogens with one attached hydrogen (secondary N) is 2. The molecule has 1 aliphatic rings. The van der Waals surface area contributed by atoms with Crippen LogP contribution in [0.5, 0.6) is 5.75 Å². The highest BCUT2D eigenvalue weighted by Gasteiger charge is 2.35. The Morgan fingerprint density at radius 3 is 2.68 bits per heavy atom. The monoisotopic (exact) mass is 458 g/mol. The molecule has 0 unspecified atom stereocenters. The van der Waals surface area contributed by atoms with Gasteiger partial charge in [0.2, 0.25) is 5.13 Å². The van der Waals surface area contributed by atoms with E-state index in [4.69, 9.17) is 4.74 Å². The maximum absolute atomic E-state index is 14.2. The summed E-state index contributed by atoms with van der Waals surface area (Å²) < 4.78 is 60.3. The summed E-state index contributed by atoms with van der Waals surface area (Å²) in [4.78, 5) is 5.71. The lowest BCUT2D eigenvalue weighted by atomic mass is 10.1. The van der Waals surface area contributed by atoms with Crippen molar-refractivity contribution in [2.24, 2.45) is 0 Å². The van der Waals surface area contributed by atoms with Crippen molar-refractivity contribution >= 4 is 28.0 Å². The maximum Gasteiger partial charge on any atom is 0.420 e. The minimum atomic E-state index is -4.57. The van der Waals surface area contributed by atoms with E-state index in [0.717, 1.165) is 43.1 Å². The maximum atomic E-state index is 14.2. The fourth-order valence-corrected chi connectivity index (χ4v) is 3.88. The number of benzene rings is 1. The molecule has 1 aliphatic heterocycles. The fraction of sp³-hybridized carbons (Fsp3) is 0.476. The van der Waals surface area contributed by atoms with Crippen LogP contribution in [0.1, 0.15) is 51.0 Å². The predicted octanol–water partition coefficient (Wildman–Crippen LogP) is 6.62. The van der Waals surface area contributed by atoms with E-state index in [1.165, 1.54) is 18.6 Å². The van der Waals surface area contributed by atoms with Crippen LogP contribution in [0.4, 0.5) is 34.2 Å². The molecule has 0 saturated heterocycles. The van der Waals surface area contributed by atoms with Crippen LogP contribution in [0.3, 0.4) is 0 Å². The molecule has 0 bridgehead atoms. The minimum absolute atomic E-state index is 0.115. The number of ether oxygens (including phenoxy) is 1.